The Morgan fingerprint density at radius 2 is 2.17 bits per heavy atom. The minimum absolute atomic E-state index is 0.161. The fourth-order valence-corrected chi connectivity index (χ4v) is 2.53. The van der Waals surface area contributed by atoms with Crippen LogP contribution in [-0.2, 0) is 4.79 Å². The van der Waals surface area contributed by atoms with Gasteiger partial charge in [0.25, 0.3) is 0 Å². The molecule has 3 heteroatoms. The van der Waals surface area contributed by atoms with Crippen LogP contribution >= 0.6 is 0 Å². The summed E-state index contributed by atoms with van der Waals surface area (Å²) < 4.78 is 0. The summed E-state index contributed by atoms with van der Waals surface area (Å²) in [5.74, 6) is 0.161. The van der Waals surface area contributed by atoms with Gasteiger partial charge in [-0.05, 0) is 18.9 Å². The highest BCUT2D eigenvalue weighted by Crippen LogP contribution is 2.24. The van der Waals surface area contributed by atoms with Crippen molar-refractivity contribution in [1.29, 1.82) is 0 Å². The van der Waals surface area contributed by atoms with Crippen molar-refractivity contribution in [3.8, 4) is 0 Å². The van der Waals surface area contributed by atoms with Gasteiger partial charge in [-0.2, -0.15) is 0 Å². The van der Waals surface area contributed by atoms with E-state index in [0.29, 0.717) is 18.5 Å². The van der Waals surface area contributed by atoms with E-state index >= 15 is 0 Å². The third-order valence-electron chi connectivity index (χ3n) is 3.74. The lowest BCUT2D eigenvalue weighted by molar-refractivity contribution is -0.121. The first-order chi connectivity index (χ1) is 8.70. The highest BCUT2D eigenvalue weighted by atomic mass is 16.1. The van der Waals surface area contributed by atoms with E-state index in [2.05, 4.69) is 41.4 Å². The summed E-state index contributed by atoms with van der Waals surface area (Å²) >= 11 is 0. The highest BCUT2D eigenvalue weighted by Gasteiger charge is 2.27. The Bertz CT molecular complexity index is 391. The van der Waals surface area contributed by atoms with Crippen LogP contribution in [-0.4, -0.2) is 29.9 Å². The number of likely N-dealkylation sites (tertiary alicyclic amines) is 1. The quantitative estimate of drug-likeness (QED) is 0.884. The predicted molar refractivity (Wildman–Crippen MR) is 73.3 cm³/mol. The fraction of sp³-hybridized carbons (Fsp3) is 0.533. The zero-order chi connectivity index (χ0) is 13.0. The molecule has 1 amide bonds. The second-order valence-corrected chi connectivity index (χ2v) is 4.99. The summed E-state index contributed by atoms with van der Waals surface area (Å²) in [5, 5.41) is 3.08. The molecule has 1 aliphatic rings. The standard InChI is InChI=1S/C15H22N2O/c1-3-15(18)16-14-9-10-17(11-14)12(2)13-7-5-4-6-8-13/h4-8,12,14H,3,9-11H2,1-2H3,(H,16,18)/t12-,14+/m1/s1. The van der Waals surface area contributed by atoms with Gasteiger partial charge in [0.05, 0.1) is 0 Å². The van der Waals surface area contributed by atoms with Gasteiger partial charge in [-0.3, -0.25) is 9.69 Å². The van der Waals surface area contributed by atoms with Crippen molar-refractivity contribution in [3.05, 3.63) is 35.9 Å². The van der Waals surface area contributed by atoms with Gasteiger partial charge in [-0.15, -0.1) is 0 Å². The molecule has 0 aromatic heterocycles. The van der Waals surface area contributed by atoms with Gasteiger partial charge in [0.15, 0.2) is 0 Å². The fourth-order valence-electron chi connectivity index (χ4n) is 2.53. The SMILES string of the molecule is CCC(=O)N[C@H]1CCN([C@H](C)c2ccccc2)C1. The van der Waals surface area contributed by atoms with Crippen LogP contribution in [0.3, 0.4) is 0 Å². The number of carbonyl (C=O) groups is 1. The number of nitrogens with zero attached hydrogens (tertiary/aromatic N) is 1. The molecule has 1 fully saturated rings. The smallest absolute Gasteiger partial charge is 0.219 e. The molecule has 0 bridgehead atoms. The second-order valence-electron chi connectivity index (χ2n) is 4.99. The molecular weight excluding hydrogens is 224 g/mol. The van der Waals surface area contributed by atoms with E-state index in [4.69, 9.17) is 0 Å². The van der Waals surface area contributed by atoms with Gasteiger partial charge >= 0.3 is 0 Å². The minimum Gasteiger partial charge on any atom is -0.352 e. The number of amides is 1. The summed E-state index contributed by atoms with van der Waals surface area (Å²) in [7, 11) is 0. The summed E-state index contributed by atoms with van der Waals surface area (Å²) in [5.41, 5.74) is 1.35. The molecule has 18 heavy (non-hydrogen) atoms. The lowest BCUT2D eigenvalue weighted by atomic mass is 10.1. The summed E-state index contributed by atoms with van der Waals surface area (Å²) in [6, 6.07) is 11.3. The molecule has 0 saturated carbocycles. The molecule has 98 valence electrons. The molecule has 1 aromatic carbocycles. The second kappa shape index (κ2) is 6.01. The van der Waals surface area contributed by atoms with Crippen molar-refractivity contribution < 1.29 is 4.79 Å². The zero-order valence-corrected chi connectivity index (χ0v) is 11.2. The molecule has 0 spiro atoms. The van der Waals surface area contributed by atoms with Gasteiger partial charge in [0, 0.05) is 31.6 Å². The Kier molecular flexibility index (Phi) is 4.37. The molecular formula is C15H22N2O. The average Bonchev–Trinajstić information content (AvgIpc) is 2.87. The van der Waals surface area contributed by atoms with Crippen molar-refractivity contribution in [2.75, 3.05) is 13.1 Å². The summed E-state index contributed by atoms with van der Waals surface area (Å²) in [6.07, 6.45) is 1.63. The largest absolute Gasteiger partial charge is 0.352 e. The first-order valence-corrected chi connectivity index (χ1v) is 6.79. The number of hydrogen-bond acceptors (Lipinski definition) is 2. The van der Waals surface area contributed by atoms with E-state index in [1.54, 1.807) is 0 Å². The first kappa shape index (κ1) is 13.1. The van der Waals surface area contributed by atoms with Crippen LogP contribution in [0.25, 0.3) is 0 Å². The minimum atomic E-state index is 0.161. The van der Waals surface area contributed by atoms with Gasteiger partial charge in [0.2, 0.25) is 5.91 Å². The van der Waals surface area contributed by atoms with Gasteiger partial charge in [0.1, 0.15) is 0 Å². The van der Waals surface area contributed by atoms with Gasteiger partial charge in [-0.1, -0.05) is 37.3 Å². The van der Waals surface area contributed by atoms with Crippen molar-refractivity contribution in [1.82, 2.24) is 10.2 Å². The Morgan fingerprint density at radius 1 is 1.44 bits per heavy atom. The maximum Gasteiger partial charge on any atom is 0.219 e. The van der Waals surface area contributed by atoms with E-state index in [0.717, 1.165) is 19.5 Å². The molecule has 0 radical (unpaired) electrons. The molecule has 2 rings (SSSR count). The molecule has 0 unspecified atom stereocenters. The van der Waals surface area contributed by atoms with Crippen molar-refractivity contribution >= 4 is 5.91 Å². The van der Waals surface area contributed by atoms with E-state index in [9.17, 15) is 4.79 Å². The maximum absolute atomic E-state index is 11.4. The molecule has 0 aliphatic carbocycles. The molecule has 1 N–H and O–H groups in total. The molecule has 2 atom stereocenters. The Hall–Kier alpha value is -1.35. The van der Waals surface area contributed by atoms with Gasteiger partial charge < -0.3 is 5.32 Å². The molecule has 1 aliphatic heterocycles. The highest BCUT2D eigenvalue weighted by molar-refractivity contribution is 5.75. The van der Waals surface area contributed by atoms with Crippen LogP contribution in [0.1, 0.15) is 38.3 Å². The van der Waals surface area contributed by atoms with E-state index < -0.39 is 0 Å². The Morgan fingerprint density at radius 3 is 2.83 bits per heavy atom. The molecule has 1 saturated heterocycles. The lowest BCUT2D eigenvalue weighted by Crippen LogP contribution is -2.37. The molecule has 3 nitrogen and oxygen atoms in total. The zero-order valence-electron chi connectivity index (χ0n) is 11.2. The van der Waals surface area contributed by atoms with Crippen LogP contribution in [0.2, 0.25) is 0 Å². The Balaban J connectivity index is 1.91. The maximum atomic E-state index is 11.4. The van der Waals surface area contributed by atoms with Gasteiger partial charge in [-0.25, -0.2) is 0 Å². The van der Waals surface area contributed by atoms with Crippen molar-refractivity contribution in [2.45, 2.75) is 38.8 Å². The van der Waals surface area contributed by atoms with E-state index in [1.807, 2.05) is 13.0 Å². The average molecular weight is 246 g/mol. The van der Waals surface area contributed by atoms with E-state index in [1.165, 1.54) is 5.56 Å². The topological polar surface area (TPSA) is 32.3 Å². The number of rotatable bonds is 4. The predicted octanol–water partition coefficient (Wildman–Crippen LogP) is 2.35. The first-order valence-electron chi connectivity index (χ1n) is 6.79. The number of hydrogen-bond donors (Lipinski definition) is 1. The Labute approximate surface area is 109 Å². The number of benzene rings is 1. The van der Waals surface area contributed by atoms with Crippen LogP contribution in [0, 0.1) is 0 Å². The third kappa shape index (κ3) is 3.10. The third-order valence-corrected chi connectivity index (χ3v) is 3.74. The normalized spacial score (nSPS) is 21.8. The van der Waals surface area contributed by atoms with Crippen LogP contribution in [0.4, 0.5) is 0 Å². The summed E-state index contributed by atoms with van der Waals surface area (Å²) in [4.78, 5) is 13.8. The molecule has 1 aromatic rings. The number of carbonyl (C=O) groups excluding carboxylic acids is 1. The summed E-state index contributed by atoms with van der Waals surface area (Å²) in [6.45, 7) is 6.15. The number of nitrogens with one attached hydrogen (secondary N) is 1. The van der Waals surface area contributed by atoms with Crippen LogP contribution in [0.5, 0.6) is 0 Å². The van der Waals surface area contributed by atoms with Crippen LogP contribution < -0.4 is 5.32 Å². The molecule has 1 heterocycles. The van der Waals surface area contributed by atoms with E-state index in [-0.39, 0.29) is 5.91 Å². The van der Waals surface area contributed by atoms with Crippen molar-refractivity contribution in [3.63, 3.8) is 0 Å². The lowest BCUT2D eigenvalue weighted by Gasteiger charge is -2.24. The van der Waals surface area contributed by atoms with Crippen LogP contribution in [0.15, 0.2) is 30.3 Å². The van der Waals surface area contributed by atoms with Crippen molar-refractivity contribution in [2.24, 2.45) is 0 Å². The monoisotopic (exact) mass is 246 g/mol.